The van der Waals surface area contributed by atoms with Crippen LogP contribution in [0.5, 0.6) is 0 Å². The summed E-state index contributed by atoms with van der Waals surface area (Å²) >= 11 is 3.04. The van der Waals surface area contributed by atoms with Gasteiger partial charge in [0.15, 0.2) is 10.9 Å². The maximum absolute atomic E-state index is 12.0. The van der Waals surface area contributed by atoms with Crippen LogP contribution in [-0.4, -0.2) is 21.5 Å². The standard InChI is InChI=1S/C13H14N2OS2/c1-8-5-14-13(15-6-8)17-7-12(16)11-4-9(2)18-10(11)3/h4-6H,7H2,1-3H3. The van der Waals surface area contributed by atoms with Crippen LogP contribution in [-0.2, 0) is 0 Å². The molecule has 0 N–H and O–H groups in total. The number of ketones is 1. The fourth-order valence-electron chi connectivity index (χ4n) is 1.57. The molecular formula is C13H14N2OS2. The molecule has 0 spiro atoms. The molecule has 2 heterocycles. The lowest BCUT2D eigenvalue weighted by Crippen LogP contribution is -2.03. The molecule has 5 heteroatoms. The molecule has 0 saturated heterocycles. The summed E-state index contributed by atoms with van der Waals surface area (Å²) in [7, 11) is 0. The molecule has 2 rings (SSSR count). The van der Waals surface area contributed by atoms with E-state index in [0.717, 1.165) is 16.0 Å². The van der Waals surface area contributed by atoms with Crippen LogP contribution < -0.4 is 0 Å². The molecule has 0 saturated carbocycles. The van der Waals surface area contributed by atoms with Crippen molar-refractivity contribution in [3.8, 4) is 0 Å². The van der Waals surface area contributed by atoms with Crippen LogP contribution in [0.1, 0.15) is 25.7 Å². The number of rotatable bonds is 4. The normalized spacial score (nSPS) is 10.6. The Hall–Kier alpha value is -1.20. The molecule has 0 aliphatic carbocycles. The van der Waals surface area contributed by atoms with Crippen LogP contribution in [0.3, 0.4) is 0 Å². The highest BCUT2D eigenvalue weighted by Crippen LogP contribution is 2.23. The summed E-state index contributed by atoms with van der Waals surface area (Å²) in [4.78, 5) is 22.7. The van der Waals surface area contributed by atoms with Crippen molar-refractivity contribution in [2.24, 2.45) is 0 Å². The van der Waals surface area contributed by atoms with E-state index in [2.05, 4.69) is 9.97 Å². The number of thioether (sulfide) groups is 1. The van der Waals surface area contributed by atoms with Crippen molar-refractivity contribution in [3.63, 3.8) is 0 Å². The Kier molecular flexibility index (Phi) is 4.14. The molecule has 0 atom stereocenters. The number of nitrogens with zero attached hydrogens (tertiary/aromatic N) is 2. The largest absolute Gasteiger partial charge is 0.293 e. The second kappa shape index (κ2) is 5.63. The minimum Gasteiger partial charge on any atom is -0.293 e. The minimum absolute atomic E-state index is 0.144. The minimum atomic E-state index is 0.144. The first kappa shape index (κ1) is 13.2. The molecule has 0 aromatic carbocycles. The first-order chi connectivity index (χ1) is 8.56. The Morgan fingerprint density at radius 3 is 2.50 bits per heavy atom. The number of aryl methyl sites for hydroxylation is 3. The fraction of sp³-hybridized carbons (Fsp3) is 0.308. The van der Waals surface area contributed by atoms with Crippen molar-refractivity contribution >= 4 is 28.9 Å². The van der Waals surface area contributed by atoms with Gasteiger partial charge in [-0.2, -0.15) is 0 Å². The van der Waals surface area contributed by atoms with Crippen molar-refractivity contribution in [3.05, 3.63) is 39.3 Å². The number of aromatic nitrogens is 2. The van der Waals surface area contributed by atoms with Gasteiger partial charge in [0.05, 0.1) is 5.75 Å². The highest BCUT2D eigenvalue weighted by molar-refractivity contribution is 7.99. The van der Waals surface area contributed by atoms with E-state index in [-0.39, 0.29) is 5.78 Å². The average molecular weight is 278 g/mol. The monoisotopic (exact) mass is 278 g/mol. The predicted molar refractivity (Wildman–Crippen MR) is 75.6 cm³/mol. The van der Waals surface area contributed by atoms with E-state index in [9.17, 15) is 4.79 Å². The molecule has 0 bridgehead atoms. The van der Waals surface area contributed by atoms with Gasteiger partial charge in [-0.05, 0) is 32.4 Å². The predicted octanol–water partition coefficient (Wildman–Crippen LogP) is 3.44. The van der Waals surface area contributed by atoms with Crippen LogP contribution in [0.2, 0.25) is 0 Å². The molecule has 0 aliphatic rings. The van der Waals surface area contributed by atoms with Gasteiger partial charge in [-0.25, -0.2) is 9.97 Å². The number of carbonyl (C=O) groups excluding carboxylic acids is 1. The molecule has 0 amide bonds. The maximum Gasteiger partial charge on any atom is 0.187 e. The highest BCUT2D eigenvalue weighted by atomic mass is 32.2. The van der Waals surface area contributed by atoms with Crippen LogP contribution >= 0.6 is 23.1 Å². The van der Waals surface area contributed by atoms with Gasteiger partial charge in [-0.15, -0.1) is 11.3 Å². The van der Waals surface area contributed by atoms with Gasteiger partial charge in [-0.1, -0.05) is 11.8 Å². The maximum atomic E-state index is 12.0. The summed E-state index contributed by atoms with van der Waals surface area (Å²) in [6, 6.07) is 1.96. The fourth-order valence-corrected chi connectivity index (χ4v) is 3.18. The first-order valence-corrected chi connectivity index (χ1v) is 7.38. The van der Waals surface area contributed by atoms with Gasteiger partial charge in [0.2, 0.25) is 0 Å². The SMILES string of the molecule is Cc1cnc(SCC(=O)c2cc(C)sc2C)nc1. The molecule has 0 aliphatic heterocycles. The number of carbonyl (C=O) groups is 1. The number of hydrogen-bond acceptors (Lipinski definition) is 5. The smallest absolute Gasteiger partial charge is 0.187 e. The summed E-state index contributed by atoms with van der Waals surface area (Å²) in [5.74, 6) is 0.533. The van der Waals surface area contributed by atoms with Gasteiger partial charge in [0.25, 0.3) is 0 Å². The zero-order valence-corrected chi connectivity index (χ0v) is 12.2. The van der Waals surface area contributed by atoms with E-state index in [1.54, 1.807) is 23.7 Å². The van der Waals surface area contributed by atoms with Crippen LogP contribution in [0.25, 0.3) is 0 Å². The van der Waals surface area contributed by atoms with Crippen molar-refractivity contribution in [1.29, 1.82) is 0 Å². The summed E-state index contributed by atoms with van der Waals surface area (Å²) in [6.07, 6.45) is 3.53. The van der Waals surface area contributed by atoms with E-state index < -0.39 is 0 Å². The number of Topliss-reactive ketones (excluding diaryl/α,β-unsaturated/α-hetero) is 1. The molecule has 0 unspecified atom stereocenters. The molecule has 0 radical (unpaired) electrons. The van der Waals surface area contributed by atoms with Crippen LogP contribution in [0.4, 0.5) is 0 Å². The third-order valence-electron chi connectivity index (χ3n) is 2.43. The Morgan fingerprint density at radius 1 is 1.28 bits per heavy atom. The summed E-state index contributed by atoms with van der Waals surface area (Å²) in [5.41, 5.74) is 1.85. The summed E-state index contributed by atoms with van der Waals surface area (Å²) in [6.45, 7) is 5.94. The Morgan fingerprint density at radius 2 is 1.94 bits per heavy atom. The molecule has 0 fully saturated rings. The van der Waals surface area contributed by atoms with Gasteiger partial charge in [0, 0.05) is 27.7 Å². The third kappa shape index (κ3) is 3.17. The zero-order valence-electron chi connectivity index (χ0n) is 10.6. The van der Waals surface area contributed by atoms with Crippen molar-refractivity contribution < 1.29 is 4.79 Å². The van der Waals surface area contributed by atoms with Gasteiger partial charge >= 0.3 is 0 Å². The number of hydrogen-bond donors (Lipinski definition) is 0. The van der Waals surface area contributed by atoms with E-state index in [1.165, 1.54) is 16.6 Å². The second-order valence-electron chi connectivity index (χ2n) is 4.08. The van der Waals surface area contributed by atoms with Gasteiger partial charge in [0.1, 0.15) is 0 Å². The Labute approximate surface area is 115 Å². The second-order valence-corrected chi connectivity index (χ2v) is 6.48. The lowest BCUT2D eigenvalue weighted by molar-refractivity contribution is 0.102. The van der Waals surface area contributed by atoms with E-state index in [4.69, 9.17) is 0 Å². The Balaban J connectivity index is 2.00. The quantitative estimate of drug-likeness (QED) is 0.488. The first-order valence-electron chi connectivity index (χ1n) is 5.58. The van der Waals surface area contributed by atoms with Crippen LogP contribution in [0, 0.1) is 20.8 Å². The van der Waals surface area contributed by atoms with Crippen LogP contribution in [0.15, 0.2) is 23.6 Å². The molecule has 18 heavy (non-hydrogen) atoms. The van der Waals surface area contributed by atoms with Crippen molar-refractivity contribution in [1.82, 2.24) is 9.97 Å². The van der Waals surface area contributed by atoms with Crippen molar-refractivity contribution in [2.45, 2.75) is 25.9 Å². The molecule has 3 nitrogen and oxygen atoms in total. The highest BCUT2D eigenvalue weighted by Gasteiger charge is 2.12. The average Bonchev–Trinajstić information content (AvgIpc) is 2.67. The van der Waals surface area contributed by atoms with E-state index >= 15 is 0 Å². The molecule has 2 aromatic rings. The molecular weight excluding hydrogens is 264 g/mol. The Bertz CT molecular complexity index is 561. The lowest BCUT2D eigenvalue weighted by Gasteiger charge is -2.00. The lowest BCUT2D eigenvalue weighted by atomic mass is 10.2. The molecule has 94 valence electrons. The zero-order chi connectivity index (χ0) is 13.1. The topological polar surface area (TPSA) is 42.9 Å². The molecule has 2 aromatic heterocycles. The van der Waals surface area contributed by atoms with E-state index in [1.807, 2.05) is 26.8 Å². The van der Waals surface area contributed by atoms with Crippen molar-refractivity contribution in [2.75, 3.05) is 5.75 Å². The summed E-state index contributed by atoms with van der Waals surface area (Å²) < 4.78 is 0. The van der Waals surface area contributed by atoms with E-state index in [0.29, 0.717) is 10.9 Å². The third-order valence-corrected chi connectivity index (χ3v) is 4.27. The summed E-state index contributed by atoms with van der Waals surface area (Å²) in [5, 5.41) is 0.651. The number of thiophene rings is 1. The van der Waals surface area contributed by atoms with Gasteiger partial charge < -0.3 is 0 Å². The van der Waals surface area contributed by atoms with Gasteiger partial charge in [-0.3, -0.25) is 4.79 Å².